The average Bonchev–Trinajstić information content (AvgIpc) is 2.02. The second-order valence-corrected chi connectivity index (χ2v) is 6.36. The van der Waals surface area contributed by atoms with Gasteiger partial charge in [0.1, 0.15) is 11.6 Å². The molecule has 0 saturated heterocycles. The molecule has 0 aliphatic heterocycles. The zero-order valence-electron chi connectivity index (χ0n) is 7.90. The van der Waals surface area contributed by atoms with Crippen molar-refractivity contribution in [3.63, 3.8) is 0 Å². The molecule has 1 radical (unpaired) electrons. The molecule has 71 valence electrons. The van der Waals surface area contributed by atoms with Crippen LogP contribution < -0.4 is 0 Å². The van der Waals surface area contributed by atoms with Crippen molar-refractivity contribution in [1.29, 1.82) is 0 Å². The van der Waals surface area contributed by atoms with Crippen LogP contribution in [0.15, 0.2) is 18.2 Å². The zero-order valence-corrected chi connectivity index (χ0v) is 8.90. The minimum Gasteiger partial charge on any atom is -0.207 e. The number of rotatable bonds is 3. The first kappa shape index (κ1) is 10.4. The molecule has 13 heavy (non-hydrogen) atoms. The van der Waals surface area contributed by atoms with Crippen LogP contribution in [0.3, 0.4) is 0 Å². The highest BCUT2D eigenvalue weighted by Gasteiger charge is 2.04. The minimum atomic E-state index is -0.500. The van der Waals surface area contributed by atoms with Crippen molar-refractivity contribution in [1.82, 2.24) is 0 Å². The molecule has 0 aromatic heterocycles. The summed E-state index contributed by atoms with van der Waals surface area (Å²) in [4.78, 5) is 0. The van der Waals surface area contributed by atoms with Gasteiger partial charge in [-0.3, -0.25) is 0 Å². The second-order valence-electron chi connectivity index (χ2n) is 3.44. The van der Waals surface area contributed by atoms with Crippen LogP contribution in [0.1, 0.15) is 5.56 Å². The molecular weight excluding hydrogens is 186 g/mol. The first-order valence-corrected chi connectivity index (χ1v) is 7.03. The molecule has 3 heteroatoms. The van der Waals surface area contributed by atoms with Crippen LogP contribution in [-0.2, 0) is 6.42 Å². The third-order valence-electron chi connectivity index (χ3n) is 1.91. The summed E-state index contributed by atoms with van der Waals surface area (Å²) in [6, 6.07) is 4.84. The highest BCUT2D eigenvalue weighted by molar-refractivity contribution is 6.55. The Balaban J connectivity index is 2.67. The van der Waals surface area contributed by atoms with E-state index >= 15 is 0 Å². The van der Waals surface area contributed by atoms with Gasteiger partial charge in [-0.2, -0.15) is 0 Å². The highest BCUT2D eigenvalue weighted by atomic mass is 28.3. The smallest absolute Gasteiger partial charge is 0.129 e. The van der Waals surface area contributed by atoms with Gasteiger partial charge < -0.3 is 0 Å². The number of aryl methyl sites for hydroxylation is 1. The van der Waals surface area contributed by atoms with Crippen molar-refractivity contribution < 1.29 is 8.78 Å². The van der Waals surface area contributed by atoms with Gasteiger partial charge in [-0.15, -0.1) is 0 Å². The molecule has 1 aromatic carbocycles. The first-order chi connectivity index (χ1) is 6.09. The monoisotopic (exact) mass is 199 g/mol. The molecule has 0 unspecified atom stereocenters. The molecule has 0 bridgehead atoms. The van der Waals surface area contributed by atoms with Gasteiger partial charge in [0.05, 0.1) is 0 Å². The molecule has 0 spiro atoms. The van der Waals surface area contributed by atoms with Gasteiger partial charge in [-0.1, -0.05) is 25.2 Å². The fourth-order valence-electron chi connectivity index (χ4n) is 1.11. The molecular formula is C10H13F2Si. The fraction of sp³-hybridized carbons (Fsp3) is 0.400. The minimum absolute atomic E-state index is 0.319. The first-order valence-electron chi connectivity index (χ1n) is 4.32. The molecule has 0 nitrogen and oxygen atoms in total. The van der Waals surface area contributed by atoms with Crippen LogP contribution in [0.25, 0.3) is 0 Å². The third-order valence-corrected chi connectivity index (χ3v) is 3.16. The van der Waals surface area contributed by atoms with E-state index in [0.29, 0.717) is 5.56 Å². The van der Waals surface area contributed by atoms with Gasteiger partial charge in [0.25, 0.3) is 0 Å². The van der Waals surface area contributed by atoms with E-state index in [1.807, 2.05) is 0 Å². The molecule has 0 atom stereocenters. The van der Waals surface area contributed by atoms with Gasteiger partial charge in [-0.25, -0.2) is 8.78 Å². The van der Waals surface area contributed by atoms with Crippen molar-refractivity contribution >= 4 is 8.80 Å². The maximum absolute atomic E-state index is 13.1. The van der Waals surface area contributed by atoms with E-state index in [9.17, 15) is 8.78 Å². The summed E-state index contributed by atoms with van der Waals surface area (Å²) >= 11 is 0. The van der Waals surface area contributed by atoms with Crippen LogP contribution in [-0.4, -0.2) is 8.80 Å². The summed E-state index contributed by atoms with van der Waals surface area (Å²) in [6.45, 7) is 4.37. The Morgan fingerprint density at radius 2 is 1.92 bits per heavy atom. The standard InChI is InChI=1S/C10H13F2Si/c1-13(2)6-5-8-3-4-9(11)7-10(8)12/h3-4,7H,5-6H2,1-2H3. The van der Waals surface area contributed by atoms with Crippen LogP contribution in [0.5, 0.6) is 0 Å². The lowest BCUT2D eigenvalue weighted by Gasteiger charge is -2.04. The van der Waals surface area contributed by atoms with E-state index in [-0.39, 0.29) is 8.80 Å². The van der Waals surface area contributed by atoms with Crippen LogP contribution >= 0.6 is 0 Å². The van der Waals surface area contributed by atoms with Crippen molar-refractivity contribution in [3.05, 3.63) is 35.4 Å². The van der Waals surface area contributed by atoms with Crippen LogP contribution in [0, 0.1) is 11.6 Å². The maximum atomic E-state index is 13.1. The van der Waals surface area contributed by atoms with Gasteiger partial charge in [0.15, 0.2) is 0 Å². The Bertz CT molecular complexity index is 284. The van der Waals surface area contributed by atoms with Gasteiger partial charge in [-0.05, 0) is 18.1 Å². The molecule has 0 aliphatic carbocycles. The molecule has 0 fully saturated rings. The molecule has 0 N–H and O–H groups in total. The number of benzene rings is 1. The third kappa shape index (κ3) is 3.26. The van der Waals surface area contributed by atoms with Gasteiger partial charge in [0.2, 0.25) is 0 Å². The Morgan fingerprint density at radius 1 is 1.23 bits per heavy atom. The maximum Gasteiger partial charge on any atom is 0.129 e. The molecule has 0 saturated carbocycles. The lowest BCUT2D eigenvalue weighted by Crippen LogP contribution is -2.02. The molecule has 0 amide bonds. The van der Waals surface area contributed by atoms with Crippen molar-refractivity contribution in [2.75, 3.05) is 0 Å². The molecule has 1 rings (SSSR count). The van der Waals surface area contributed by atoms with Crippen molar-refractivity contribution in [3.8, 4) is 0 Å². The molecule has 1 aromatic rings. The average molecular weight is 199 g/mol. The Labute approximate surface area is 79.2 Å². The van der Waals surface area contributed by atoms with E-state index in [2.05, 4.69) is 13.1 Å². The second kappa shape index (κ2) is 4.51. The Hall–Kier alpha value is -0.703. The summed E-state index contributed by atoms with van der Waals surface area (Å²) in [7, 11) is -0.319. The van der Waals surface area contributed by atoms with Crippen LogP contribution in [0.2, 0.25) is 19.1 Å². The SMILES string of the molecule is C[Si](C)CCc1ccc(F)cc1F. The quantitative estimate of drug-likeness (QED) is 0.655. The normalized spacial score (nSPS) is 10.8. The van der Waals surface area contributed by atoms with Crippen LogP contribution in [0.4, 0.5) is 8.78 Å². The van der Waals surface area contributed by atoms with E-state index in [1.165, 1.54) is 12.1 Å². The fourth-order valence-corrected chi connectivity index (χ4v) is 1.88. The number of halogens is 2. The lowest BCUT2D eigenvalue weighted by molar-refractivity contribution is 0.573. The highest BCUT2D eigenvalue weighted by Crippen LogP contribution is 2.12. The lowest BCUT2D eigenvalue weighted by atomic mass is 10.1. The van der Waals surface area contributed by atoms with E-state index < -0.39 is 11.6 Å². The largest absolute Gasteiger partial charge is 0.207 e. The number of hydrogen-bond acceptors (Lipinski definition) is 0. The Kier molecular flexibility index (Phi) is 3.60. The van der Waals surface area contributed by atoms with E-state index in [4.69, 9.17) is 0 Å². The zero-order chi connectivity index (χ0) is 9.84. The summed E-state index contributed by atoms with van der Waals surface area (Å²) in [6.07, 6.45) is 0.730. The summed E-state index contributed by atoms with van der Waals surface area (Å²) < 4.78 is 25.6. The summed E-state index contributed by atoms with van der Waals surface area (Å²) in [5.41, 5.74) is 0.632. The van der Waals surface area contributed by atoms with E-state index in [1.54, 1.807) is 0 Å². The molecule has 0 heterocycles. The summed E-state index contributed by atoms with van der Waals surface area (Å²) in [5.74, 6) is -0.914. The summed E-state index contributed by atoms with van der Waals surface area (Å²) in [5, 5.41) is 0. The van der Waals surface area contributed by atoms with Crippen molar-refractivity contribution in [2.45, 2.75) is 25.6 Å². The predicted octanol–water partition coefficient (Wildman–Crippen LogP) is 3.26. The van der Waals surface area contributed by atoms with Crippen molar-refractivity contribution in [2.24, 2.45) is 0 Å². The molecule has 0 aliphatic rings. The predicted molar refractivity (Wildman–Crippen MR) is 52.4 cm³/mol. The Morgan fingerprint density at radius 3 is 2.46 bits per heavy atom. The van der Waals surface area contributed by atoms with E-state index in [0.717, 1.165) is 18.5 Å². The van der Waals surface area contributed by atoms with Gasteiger partial charge >= 0.3 is 0 Å². The topological polar surface area (TPSA) is 0 Å². The van der Waals surface area contributed by atoms with Gasteiger partial charge in [0, 0.05) is 14.9 Å². The number of hydrogen-bond donors (Lipinski definition) is 0.